The summed E-state index contributed by atoms with van der Waals surface area (Å²) < 4.78 is 23.0. The quantitative estimate of drug-likeness (QED) is 0.272. The summed E-state index contributed by atoms with van der Waals surface area (Å²) in [6.45, 7) is 2.85. The molecule has 8 nitrogen and oxygen atoms in total. The van der Waals surface area contributed by atoms with Crippen LogP contribution in [0.1, 0.15) is 37.9 Å². The molecule has 2 N–H and O–H groups in total. The van der Waals surface area contributed by atoms with E-state index in [1.54, 1.807) is 47.6 Å². The highest BCUT2D eigenvalue weighted by atomic mass is 19.1. The van der Waals surface area contributed by atoms with Crippen LogP contribution in [0.25, 0.3) is 16.8 Å². The molecule has 9 heteroatoms. The third-order valence-electron chi connectivity index (χ3n) is 6.62. The highest BCUT2D eigenvalue weighted by Gasteiger charge is 2.31. The summed E-state index contributed by atoms with van der Waals surface area (Å²) >= 11 is 0. The number of nitriles is 1. The van der Waals surface area contributed by atoms with E-state index in [0.29, 0.717) is 48.0 Å². The van der Waals surface area contributed by atoms with Gasteiger partial charge in [-0.2, -0.15) is 5.26 Å². The van der Waals surface area contributed by atoms with Gasteiger partial charge in [0.2, 0.25) is 0 Å². The van der Waals surface area contributed by atoms with Crippen LogP contribution >= 0.6 is 0 Å². The van der Waals surface area contributed by atoms with Crippen LogP contribution in [-0.4, -0.2) is 38.3 Å². The van der Waals surface area contributed by atoms with Crippen LogP contribution in [0.3, 0.4) is 0 Å². The van der Waals surface area contributed by atoms with Crippen LogP contribution in [0.5, 0.6) is 11.5 Å². The zero-order valence-corrected chi connectivity index (χ0v) is 21.0. The number of hydrogen-bond acceptors (Lipinski definition) is 6. The van der Waals surface area contributed by atoms with Crippen molar-refractivity contribution < 1.29 is 13.9 Å². The summed E-state index contributed by atoms with van der Waals surface area (Å²) in [4.78, 5) is 23.7. The van der Waals surface area contributed by atoms with E-state index in [-0.39, 0.29) is 28.8 Å². The number of carbonyl (C=O) groups is 1. The van der Waals surface area contributed by atoms with Crippen molar-refractivity contribution in [2.75, 3.05) is 18.8 Å². The zero-order valence-electron chi connectivity index (χ0n) is 21.0. The number of nitrogens with two attached hydrogens (primary N) is 1. The van der Waals surface area contributed by atoms with Gasteiger partial charge in [-0.15, -0.1) is 0 Å². The number of rotatable bonds is 6. The normalized spacial score (nSPS) is 15.9. The number of anilines is 1. The minimum Gasteiger partial charge on any atom is -0.457 e. The lowest BCUT2D eigenvalue weighted by molar-refractivity contribution is -0.127. The Morgan fingerprint density at radius 2 is 2.08 bits per heavy atom. The summed E-state index contributed by atoms with van der Waals surface area (Å²) in [6.07, 6.45) is 7.12. The molecule has 1 atom stereocenters. The van der Waals surface area contributed by atoms with Crippen LogP contribution in [0, 0.1) is 17.1 Å². The van der Waals surface area contributed by atoms with E-state index in [0.717, 1.165) is 12.8 Å². The van der Waals surface area contributed by atoms with Gasteiger partial charge in [-0.3, -0.25) is 9.20 Å². The average Bonchev–Trinajstić information content (AvgIpc) is 3.33. The van der Waals surface area contributed by atoms with Crippen LogP contribution < -0.4 is 10.5 Å². The largest absolute Gasteiger partial charge is 0.457 e. The molecular weight excluding hydrogens is 483 g/mol. The number of allylic oxidation sites excluding steroid dienone is 1. The first-order chi connectivity index (χ1) is 18.5. The summed E-state index contributed by atoms with van der Waals surface area (Å²) in [5.41, 5.74) is 7.56. The van der Waals surface area contributed by atoms with Crippen molar-refractivity contribution in [2.45, 2.75) is 32.1 Å². The summed E-state index contributed by atoms with van der Waals surface area (Å²) in [5, 5.41) is 9.42. The fourth-order valence-corrected chi connectivity index (χ4v) is 4.87. The van der Waals surface area contributed by atoms with E-state index in [4.69, 9.17) is 15.5 Å². The Morgan fingerprint density at radius 1 is 1.26 bits per heavy atom. The van der Waals surface area contributed by atoms with Crippen molar-refractivity contribution in [3.63, 3.8) is 0 Å². The van der Waals surface area contributed by atoms with E-state index in [2.05, 4.69) is 4.98 Å². The van der Waals surface area contributed by atoms with Gasteiger partial charge in [0.15, 0.2) is 0 Å². The number of likely N-dealkylation sites (tertiary alicyclic amines) is 1. The fraction of sp³-hybridized carbons (Fsp3) is 0.241. The molecule has 1 saturated heterocycles. The number of aromatic nitrogens is 3. The monoisotopic (exact) mass is 510 g/mol. The Balaban J connectivity index is 1.50. The average molecular weight is 511 g/mol. The first kappa shape index (κ1) is 25.0. The van der Waals surface area contributed by atoms with Crippen molar-refractivity contribution in [3.05, 3.63) is 84.2 Å². The molecule has 4 aromatic rings. The van der Waals surface area contributed by atoms with Gasteiger partial charge >= 0.3 is 0 Å². The van der Waals surface area contributed by atoms with Gasteiger partial charge < -0.3 is 15.4 Å². The van der Waals surface area contributed by atoms with Gasteiger partial charge in [-0.1, -0.05) is 31.2 Å². The Bertz CT molecular complexity index is 1560. The molecule has 2 aromatic carbocycles. The Hall–Kier alpha value is -4.71. The third kappa shape index (κ3) is 4.81. The highest BCUT2D eigenvalue weighted by Crippen LogP contribution is 2.36. The molecule has 0 aliphatic carbocycles. The second-order valence-corrected chi connectivity index (χ2v) is 9.13. The molecule has 192 valence electrons. The lowest BCUT2D eigenvalue weighted by Crippen LogP contribution is -2.40. The van der Waals surface area contributed by atoms with Crippen molar-refractivity contribution in [1.82, 2.24) is 19.3 Å². The number of benzene rings is 2. The Morgan fingerprint density at radius 3 is 2.82 bits per heavy atom. The molecule has 0 saturated carbocycles. The molecule has 3 heterocycles. The number of imidazole rings is 1. The Kier molecular flexibility index (Phi) is 7.05. The fourth-order valence-electron chi connectivity index (χ4n) is 4.87. The van der Waals surface area contributed by atoms with Gasteiger partial charge in [0, 0.05) is 43.0 Å². The maximum Gasteiger partial charge on any atom is 0.264 e. The van der Waals surface area contributed by atoms with Crippen LogP contribution in [0.4, 0.5) is 10.2 Å². The number of amides is 1. The van der Waals surface area contributed by atoms with Gasteiger partial charge in [-0.25, -0.2) is 14.4 Å². The number of para-hydroxylation sites is 1. The van der Waals surface area contributed by atoms with Gasteiger partial charge in [0.25, 0.3) is 5.91 Å². The number of halogens is 1. The predicted octanol–water partition coefficient (Wildman–Crippen LogP) is 5.48. The minimum atomic E-state index is -0.503. The van der Waals surface area contributed by atoms with Crippen molar-refractivity contribution >= 4 is 17.2 Å². The van der Waals surface area contributed by atoms with E-state index >= 15 is 4.39 Å². The molecule has 1 aliphatic heterocycles. The molecule has 0 radical (unpaired) electrons. The summed E-state index contributed by atoms with van der Waals surface area (Å²) in [5.74, 6) is 0.962. The lowest BCUT2D eigenvalue weighted by atomic mass is 9.96. The predicted molar refractivity (Wildman–Crippen MR) is 142 cm³/mol. The topological polar surface area (TPSA) is 110 Å². The van der Waals surface area contributed by atoms with Gasteiger partial charge in [-0.05, 0) is 43.5 Å². The number of hydrogen-bond donors (Lipinski definition) is 1. The molecular formula is C29H27FN6O2. The molecule has 5 rings (SSSR count). The molecule has 2 aromatic heterocycles. The first-order valence-electron chi connectivity index (χ1n) is 12.5. The molecule has 1 aliphatic rings. The standard InChI is InChI=1S/C29H27FN6O2/c1-2-7-19(17-31)29(37)35-14-6-8-20(18-35)28-34-25(26-27(32)33-13-15-36(26)28)23-12-11-22(16-24(23)30)38-21-9-4-3-5-10-21/h3-5,7,9-13,15-16,20H,2,6,8,14,18H2,1H3,(H2,32,33)/b19-7+/t20-/m1/s1. The maximum absolute atomic E-state index is 15.4. The molecule has 0 unspecified atom stereocenters. The van der Waals surface area contributed by atoms with E-state index in [1.165, 1.54) is 6.07 Å². The molecule has 38 heavy (non-hydrogen) atoms. The second kappa shape index (κ2) is 10.7. The molecule has 1 amide bonds. The van der Waals surface area contributed by atoms with Crippen molar-refractivity contribution in [1.29, 1.82) is 5.26 Å². The number of nitrogen functional groups attached to an aromatic ring is 1. The number of carbonyl (C=O) groups excluding carboxylic acids is 1. The first-order valence-corrected chi connectivity index (χ1v) is 12.5. The van der Waals surface area contributed by atoms with Crippen LogP contribution in [0.15, 0.2) is 72.6 Å². The molecule has 0 spiro atoms. The van der Waals surface area contributed by atoms with E-state index in [1.807, 2.05) is 35.6 Å². The zero-order chi connectivity index (χ0) is 26.6. The van der Waals surface area contributed by atoms with E-state index in [9.17, 15) is 10.1 Å². The molecule has 1 fully saturated rings. The SMILES string of the molecule is CC/C=C(\C#N)C(=O)N1CCC[C@@H](c2nc(-c3ccc(Oc4ccccc4)cc3F)c3c(N)nccn23)C1. The van der Waals surface area contributed by atoms with Crippen LogP contribution in [0.2, 0.25) is 0 Å². The maximum atomic E-state index is 15.4. The highest BCUT2D eigenvalue weighted by molar-refractivity contribution is 5.97. The Labute approximate surface area is 219 Å². The van der Waals surface area contributed by atoms with Crippen LogP contribution in [-0.2, 0) is 4.79 Å². The van der Waals surface area contributed by atoms with Crippen molar-refractivity contribution in [2.24, 2.45) is 0 Å². The van der Waals surface area contributed by atoms with Gasteiger partial charge in [0.05, 0.1) is 0 Å². The van der Waals surface area contributed by atoms with Gasteiger partial charge in [0.1, 0.15) is 51.8 Å². The smallest absolute Gasteiger partial charge is 0.264 e. The number of piperidine rings is 1. The number of ether oxygens (including phenoxy) is 1. The summed E-state index contributed by atoms with van der Waals surface area (Å²) in [6, 6.07) is 15.8. The molecule has 0 bridgehead atoms. The number of fused-ring (bicyclic) bond motifs is 1. The summed E-state index contributed by atoms with van der Waals surface area (Å²) in [7, 11) is 0. The third-order valence-corrected chi connectivity index (χ3v) is 6.62. The second-order valence-electron chi connectivity index (χ2n) is 9.13. The minimum absolute atomic E-state index is 0.124. The lowest BCUT2D eigenvalue weighted by Gasteiger charge is -2.32. The van der Waals surface area contributed by atoms with Crippen molar-refractivity contribution in [3.8, 4) is 28.8 Å². The number of nitrogens with zero attached hydrogens (tertiary/aromatic N) is 5. The van der Waals surface area contributed by atoms with E-state index < -0.39 is 5.82 Å².